The molecule has 0 saturated carbocycles. The fourth-order valence-electron chi connectivity index (χ4n) is 1.32. The van der Waals surface area contributed by atoms with Crippen molar-refractivity contribution < 1.29 is 4.92 Å². The van der Waals surface area contributed by atoms with Crippen molar-refractivity contribution >= 4 is 11.6 Å². The molecule has 88 valence electrons. The average molecular weight is 234 g/mol. The summed E-state index contributed by atoms with van der Waals surface area (Å²) in [6.45, 7) is 1.79. The third-order valence-corrected chi connectivity index (χ3v) is 2.11. The fraction of sp³-hybridized carbons (Fsp3) is 0.222. The Balaban J connectivity index is 2.60. The van der Waals surface area contributed by atoms with Crippen LogP contribution in [0, 0.1) is 17.0 Å². The molecule has 0 radical (unpaired) electrons. The van der Waals surface area contributed by atoms with Crippen molar-refractivity contribution in [3.63, 3.8) is 0 Å². The Kier molecular flexibility index (Phi) is 2.69. The van der Waals surface area contributed by atoms with Crippen molar-refractivity contribution in [3.05, 3.63) is 34.3 Å². The van der Waals surface area contributed by atoms with Crippen LogP contribution in [0.25, 0.3) is 5.82 Å². The Hall–Kier alpha value is -2.51. The molecule has 0 aliphatic heterocycles. The summed E-state index contributed by atoms with van der Waals surface area (Å²) < 4.78 is 1.36. The van der Waals surface area contributed by atoms with Gasteiger partial charge in [-0.2, -0.15) is 10.1 Å². The highest BCUT2D eigenvalue weighted by Crippen LogP contribution is 2.20. The number of rotatable bonds is 3. The molecule has 0 aliphatic carbocycles. The van der Waals surface area contributed by atoms with E-state index in [0.29, 0.717) is 5.95 Å². The zero-order valence-electron chi connectivity index (χ0n) is 9.28. The first kappa shape index (κ1) is 11.0. The first-order chi connectivity index (χ1) is 8.11. The molecule has 2 rings (SSSR count). The molecular weight excluding hydrogens is 224 g/mol. The third-order valence-electron chi connectivity index (χ3n) is 2.11. The van der Waals surface area contributed by atoms with Crippen molar-refractivity contribution in [3.8, 4) is 5.82 Å². The molecule has 2 heterocycles. The molecule has 0 aliphatic rings. The quantitative estimate of drug-likeness (QED) is 0.626. The molecule has 0 saturated heterocycles. The van der Waals surface area contributed by atoms with Gasteiger partial charge in [-0.3, -0.25) is 10.1 Å². The van der Waals surface area contributed by atoms with Crippen LogP contribution < -0.4 is 5.32 Å². The van der Waals surface area contributed by atoms with E-state index in [9.17, 15) is 10.1 Å². The molecule has 0 atom stereocenters. The van der Waals surface area contributed by atoms with Crippen LogP contribution in [-0.2, 0) is 0 Å². The number of nitrogens with zero attached hydrogens (tertiary/aromatic N) is 5. The highest BCUT2D eigenvalue weighted by molar-refractivity contribution is 5.48. The first-order valence-corrected chi connectivity index (χ1v) is 4.83. The van der Waals surface area contributed by atoms with E-state index in [1.165, 1.54) is 4.68 Å². The fourth-order valence-corrected chi connectivity index (χ4v) is 1.32. The van der Waals surface area contributed by atoms with Crippen LogP contribution in [0.3, 0.4) is 0 Å². The number of aromatic nitrogens is 4. The molecule has 17 heavy (non-hydrogen) atoms. The van der Waals surface area contributed by atoms with Gasteiger partial charge in [0.25, 0.3) is 0 Å². The predicted molar refractivity (Wildman–Crippen MR) is 60.1 cm³/mol. The van der Waals surface area contributed by atoms with Crippen molar-refractivity contribution in [1.29, 1.82) is 0 Å². The van der Waals surface area contributed by atoms with Crippen LogP contribution in [-0.4, -0.2) is 31.7 Å². The van der Waals surface area contributed by atoms with E-state index in [4.69, 9.17) is 0 Å². The minimum Gasteiger partial charge on any atom is -0.357 e. The van der Waals surface area contributed by atoms with Gasteiger partial charge in [0.15, 0.2) is 0 Å². The van der Waals surface area contributed by atoms with Crippen LogP contribution in [0.5, 0.6) is 0 Å². The van der Waals surface area contributed by atoms with Crippen LogP contribution in [0.2, 0.25) is 0 Å². The van der Waals surface area contributed by atoms with Gasteiger partial charge in [-0.05, 0) is 13.0 Å². The molecule has 1 N–H and O–H groups in total. The Morgan fingerprint density at radius 3 is 2.82 bits per heavy atom. The minimum absolute atomic E-state index is 0.141. The van der Waals surface area contributed by atoms with E-state index in [1.807, 2.05) is 0 Å². The summed E-state index contributed by atoms with van der Waals surface area (Å²) in [5.41, 5.74) is 0.566. The van der Waals surface area contributed by atoms with Crippen LogP contribution in [0.1, 0.15) is 5.69 Å². The van der Waals surface area contributed by atoms with Crippen molar-refractivity contribution in [2.75, 3.05) is 12.4 Å². The third kappa shape index (κ3) is 2.05. The Bertz CT molecular complexity index is 564. The summed E-state index contributed by atoms with van der Waals surface area (Å²) in [5.74, 6) is 0.446. The van der Waals surface area contributed by atoms with E-state index >= 15 is 0 Å². The minimum atomic E-state index is -0.536. The monoisotopic (exact) mass is 234 g/mol. The number of aryl methyl sites for hydroxylation is 1. The number of hydrogen-bond donors (Lipinski definition) is 1. The standard InChI is InChI=1S/C9H10N6O2/c1-6-3-4-14(13-6)8-7(15(16)17)5-11-9(10-2)12-8/h3-5H,1-2H3,(H,10,11,12). The normalized spacial score (nSPS) is 10.2. The SMILES string of the molecule is CNc1ncc([N+](=O)[O-])c(-n2ccc(C)n2)n1. The van der Waals surface area contributed by atoms with Gasteiger partial charge in [-0.1, -0.05) is 0 Å². The molecule has 0 bridgehead atoms. The maximum absolute atomic E-state index is 10.9. The van der Waals surface area contributed by atoms with Crippen molar-refractivity contribution in [2.45, 2.75) is 6.92 Å². The second kappa shape index (κ2) is 4.16. The number of nitro groups is 1. The largest absolute Gasteiger partial charge is 0.357 e. The lowest BCUT2D eigenvalue weighted by atomic mass is 10.5. The number of anilines is 1. The van der Waals surface area contributed by atoms with E-state index in [2.05, 4.69) is 20.4 Å². The van der Waals surface area contributed by atoms with E-state index < -0.39 is 4.92 Å². The number of hydrogen-bond acceptors (Lipinski definition) is 6. The molecule has 8 heteroatoms. The second-order valence-electron chi connectivity index (χ2n) is 3.31. The molecule has 8 nitrogen and oxygen atoms in total. The smallest absolute Gasteiger partial charge is 0.332 e. The summed E-state index contributed by atoms with van der Waals surface area (Å²) in [7, 11) is 1.64. The maximum atomic E-state index is 10.9. The van der Waals surface area contributed by atoms with E-state index in [1.54, 1.807) is 26.2 Å². The zero-order chi connectivity index (χ0) is 12.4. The molecule has 0 spiro atoms. The summed E-state index contributed by atoms with van der Waals surface area (Å²) in [5, 5.41) is 17.7. The van der Waals surface area contributed by atoms with Gasteiger partial charge in [0.1, 0.15) is 6.20 Å². The van der Waals surface area contributed by atoms with Crippen LogP contribution in [0.4, 0.5) is 11.6 Å². The van der Waals surface area contributed by atoms with E-state index in [0.717, 1.165) is 11.9 Å². The molecule has 0 aromatic carbocycles. The molecule has 0 unspecified atom stereocenters. The molecule has 2 aromatic heterocycles. The summed E-state index contributed by atoms with van der Waals surface area (Å²) >= 11 is 0. The van der Waals surface area contributed by atoms with Gasteiger partial charge in [0.2, 0.25) is 11.8 Å². The highest BCUT2D eigenvalue weighted by Gasteiger charge is 2.19. The lowest BCUT2D eigenvalue weighted by Gasteiger charge is -2.03. The van der Waals surface area contributed by atoms with Gasteiger partial charge >= 0.3 is 5.69 Å². The summed E-state index contributed by atoms with van der Waals surface area (Å²) in [4.78, 5) is 18.2. The molecular formula is C9H10N6O2. The molecule has 0 amide bonds. The topological polar surface area (TPSA) is 98.8 Å². The molecule has 2 aromatic rings. The van der Waals surface area contributed by atoms with Crippen molar-refractivity contribution in [2.24, 2.45) is 0 Å². The maximum Gasteiger partial charge on any atom is 0.332 e. The Morgan fingerprint density at radius 2 is 2.29 bits per heavy atom. The first-order valence-electron chi connectivity index (χ1n) is 4.83. The lowest BCUT2D eigenvalue weighted by molar-refractivity contribution is -0.385. The highest BCUT2D eigenvalue weighted by atomic mass is 16.6. The Labute approximate surface area is 96.5 Å². The molecule has 0 fully saturated rings. The van der Waals surface area contributed by atoms with Gasteiger partial charge in [0, 0.05) is 13.2 Å². The Morgan fingerprint density at radius 1 is 1.53 bits per heavy atom. The van der Waals surface area contributed by atoms with Crippen LogP contribution >= 0.6 is 0 Å². The predicted octanol–water partition coefficient (Wildman–Crippen LogP) is 0.921. The van der Waals surface area contributed by atoms with E-state index in [-0.39, 0.29) is 11.5 Å². The second-order valence-corrected chi connectivity index (χ2v) is 3.31. The summed E-state index contributed by atoms with van der Waals surface area (Å²) in [6, 6.07) is 1.74. The van der Waals surface area contributed by atoms with Gasteiger partial charge in [-0.15, -0.1) is 0 Å². The van der Waals surface area contributed by atoms with Gasteiger partial charge in [0.05, 0.1) is 10.6 Å². The average Bonchev–Trinajstić information content (AvgIpc) is 2.75. The summed E-state index contributed by atoms with van der Waals surface area (Å²) in [6.07, 6.45) is 2.77. The number of nitrogens with one attached hydrogen (secondary N) is 1. The van der Waals surface area contributed by atoms with Crippen LogP contribution in [0.15, 0.2) is 18.5 Å². The van der Waals surface area contributed by atoms with Gasteiger partial charge < -0.3 is 5.32 Å². The van der Waals surface area contributed by atoms with Crippen molar-refractivity contribution in [1.82, 2.24) is 19.7 Å². The lowest BCUT2D eigenvalue weighted by Crippen LogP contribution is -2.07. The zero-order valence-corrected chi connectivity index (χ0v) is 9.28. The van der Waals surface area contributed by atoms with Gasteiger partial charge in [-0.25, -0.2) is 9.67 Å².